The quantitative estimate of drug-likeness (QED) is 0.537. The highest BCUT2D eigenvalue weighted by Crippen LogP contribution is 2.36. The molecule has 2 aromatic rings. The number of halogens is 5. The lowest BCUT2D eigenvalue weighted by Crippen LogP contribution is -2.30. The molecule has 1 fully saturated rings. The number of carbonyl (C=O) groups excluding carboxylic acids is 1. The van der Waals surface area contributed by atoms with Gasteiger partial charge in [0, 0.05) is 29.2 Å². The number of nitrogens with zero attached hydrogens (tertiary/aromatic N) is 1. The van der Waals surface area contributed by atoms with Crippen molar-refractivity contribution in [1.29, 1.82) is 0 Å². The molecule has 2 aromatic carbocycles. The molecule has 3 nitrogen and oxygen atoms in total. The Morgan fingerprint density at radius 3 is 2.41 bits per heavy atom. The van der Waals surface area contributed by atoms with Crippen LogP contribution in [0.3, 0.4) is 0 Å². The summed E-state index contributed by atoms with van der Waals surface area (Å²) in [5.74, 6) is -0.548. The van der Waals surface area contributed by atoms with Crippen LogP contribution in [0, 0.1) is 0 Å². The fourth-order valence-corrected chi connectivity index (χ4v) is 3.67. The highest BCUT2D eigenvalue weighted by atomic mass is 35.5. The van der Waals surface area contributed by atoms with E-state index < -0.39 is 17.6 Å². The minimum atomic E-state index is -4.49. The van der Waals surface area contributed by atoms with Gasteiger partial charge in [-0.15, -0.1) is 0 Å². The van der Waals surface area contributed by atoms with Crippen molar-refractivity contribution in [3.8, 4) is 0 Å². The number of rotatable bonds is 4. The lowest BCUT2D eigenvalue weighted by atomic mass is 10.1. The first-order valence-electron chi connectivity index (χ1n) is 9.14. The van der Waals surface area contributed by atoms with Crippen molar-refractivity contribution in [2.45, 2.75) is 25.4 Å². The lowest BCUT2D eigenvalue weighted by molar-refractivity contribution is -0.137. The SMILES string of the molecule is O=C(C=Cc1ccc(Cl)cc1Cl)Nc1cc(C(F)(F)F)ccc1N1CCCCC1. The van der Waals surface area contributed by atoms with E-state index in [1.165, 1.54) is 18.2 Å². The highest BCUT2D eigenvalue weighted by molar-refractivity contribution is 6.35. The number of anilines is 2. The van der Waals surface area contributed by atoms with Gasteiger partial charge in [-0.3, -0.25) is 4.79 Å². The largest absolute Gasteiger partial charge is 0.416 e. The minimum absolute atomic E-state index is 0.138. The third kappa shape index (κ3) is 5.67. The Bertz CT molecular complexity index is 923. The first-order chi connectivity index (χ1) is 13.7. The second-order valence-corrected chi connectivity index (χ2v) is 7.61. The van der Waals surface area contributed by atoms with Crippen LogP contribution in [0.1, 0.15) is 30.4 Å². The number of alkyl halides is 3. The number of piperidine rings is 1. The first kappa shape index (κ1) is 21.5. The molecule has 0 saturated carbocycles. The topological polar surface area (TPSA) is 32.3 Å². The van der Waals surface area contributed by atoms with Gasteiger partial charge in [-0.2, -0.15) is 13.2 Å². The highest BCUT2D eigenvalue weighted by Gasteiger charge is 2.31. The monoisotopic (exact) mass is 442 g/mol. The van der Waals surface area contributed by atoms with E-state index in [1.54, 1.807) is 18.2 Å². The molecule has 0 atom stereocenters. The molecule has 0 bridgehead atoms. The van der Waals surface area contributed by atoms with Crippen molar-refractivity contribution in [3.63, 3.8) is 0 Å². The summed E-state index contributed by atoms with van der Waals surface area (Å²) in [4.78, 5) is 14.4. The predicted octanol–water partition coefficient (Wildman–Crippen LogP) is 6.65. The van der Waals surface area contributed by atoms with Crippen LogP contribution in [0.15, 0.2) is 42.5 Å². The Hall–Kier alpha value is -2.18. The van der Waals surface area contributed by atoms with Gasteiger partial charge in [-0.25, -0.2) is 0 Å². The molecule has 0 spiro atoms. The predicted molar refractivity (Wildman–Crippen MR) is 112 cm³/mol. The third-order valence-electron chi connectivity index (χ3n) is 4.66. The summed E-state index contributed by atoms with van der Waals surface area (Å²) in [5, 5.41) is 3.42. The van der Waals surface area contributed by atoms with E-state index in [9.17, 15) is 18.0 Å². The molecule has 29 heavy (non-hydrogen) atoms. The van der Waals surface area contributed by atoms with Gasteiger partial charge in [0.25, 0.3) is 0 Å². The van der Waals surface area contributed by atoms with Gasteiger partial charge in [0.05, 0.1) is 16.9 Å². The van der Waals surface area contributed by atoms with E-state index in [0.29, 0.717) is 21.3 Å². The fraction of sp³-hybridized carbons (Fsp3) is 0.286. The van der Waals surface area contributed by atoms with Crippen LogP contribution in [-0.4, -0.2) is 19.0 Å². The van der Waals surface area contributed by atoms with E-state index in [1.807, 2.05) is 4.90 Å². The molecular formula is C21H19Cl2F3N2O. The molecule has 154 valence electrons. The van der Waals surface area contributed by atoms with Gasteiger partial charge in [0.15, 0.2) is 0 Å². The van der Waals surface area contributed by atoms with Crippen LogP contribution >= 0.6 is 23.2 Å². The van der Waals surface area contributed by atoms with E-state index in [4.69, 9.17) is 23.2 Å². The first-order valence-corrected chi connectivity index (χ1v) is 9.90. The second kappa shape index (κ2) is 9.09. The van der Waals surface area contributed by atoms with Crippen LogP contribution < -0.4 is 10.2 Å². The van der Waals surface area contributed by atoms with Crippen molar-refractivity contribution in [2.75, 3.05) is 23.3 Å². The zero-order valence-corrected chi connectivity index (χ0v) is 16.9. The van der Waals surface area contributed by atoms with Gasteiger partial charge >= 0.3 is 6.18 Å². The fourth-order valence-electron chi connectivity index (χ4n) is 3.20. The molecule has 0 aliphatic carbocycles. The molecule has 1 amide bonds. The van der Waals surface area contributed by atoms with E-state index in [-0.39, 0.29) is 5.69 Å². The average Bonchev–Trinajstić information content (AvgIpc) is 2.67. The van der Waals surface area contributed by atoms with Gasteiger partial charge in [0.2, 0.25) is 5.91 Å². The van der Waals surface area contributed by atoms with Crippen LogP contribution in [0.5, 0.6) is 0 Å². The number of nitrogens with one attached hydrogen (secondary N) is 1. The molecule has 0 unspecified atom stereocenters. The zero-order valence-electron chi connectivity index (χ0n) is 15.4. The van der Waals surface area contributed by atoms with Crippen molar-refractivity contribution >= 4 is 46.6 Å². The van der Waals surface area contributed by atoms with Crippen LogP contribution in [0.2, 0.25) is 10.0 Å². The van der Waals surface area contributed by atoms with Crippen molar-refractivity contribution in [1.82, 2.24) is 0 Å². The number of benzene rings is 2. The Morgan fingerprint density at radius 2 is 1.76 bits per heavy atom. The average molecular weight is 443 g/mol. The van der Waals surface area contributed by atoms with Gasteiger partial charge < -0.3 is 10.2 Å². The normalized spacial score (nSPS) is 15.0. The summed E-state index contributed by atoms with van der Waals surface area (Å²) in [6, 6.07) is 8.27. The summed E-state index contributed by atoms with van der Waals surface area (Å²) in [7, 11) is 0. The summed E-state index contributed by atoms with van der Waals surface area (Å²) in [6.45, 7) is 1.48. The van der Waals surface area contributed by atoms with Crippen LogP contribution in [0.4, 0.5) is 24.5 Å². The van der Waals surface area contributed by atoms with Crippen molar-refractivity contribution in [2.24, 2.45) is 0 Å². The molecule has 1 saturated heterocycles. The summed E-state index contributed by atoms with van der Waals surface area (Å²) in [6.07, 6.45) is 1.24. The van der Waals surface area contributed by atoms with E-state index >= 15 is 0 Å². The summed E-state index contributed by atoms with van der Waals surface area (Å²) >= 11 is 11.9. The molecule has 1 N–H and O–H groups in total. The standard InChI is InChI=1S/C21H19Cl2F3N2O/c22-16-7-4-14(17(23)13-16)5-9-20(29)27-18-12-15(21(24,25)26)6-8-19(18)28-10-2-1-3-11-28/h4-9,12-13H,1-3,10-11H2,(H,27,29). The maximum atomic E-state index is 13.2. The molecule has 1 heterocycles. The summed E-state index contributed by atoms with van der Waals surface area (Å²) in [5.41, 5.74) is 0.493. The Kier molecular flexibility index (Phi) is 6.75. The molecule has 1 aliphatic heterocycles. The van der Waals surface area contributed by atoms with E-state index in [0.717, 1.165) is 44.5 Å². The second-order valence-electron chi connectivity index (χ2n) is 6.77. The Balaban J connectivity index is 1.84. The van der Waals surface area contributed by atoms with Crippen molar-refractivity contribution < 1.29 is 18.0 Å². The van der Waals surface area contributed by atoms with Gasteiger partial charge in [-0.1, -0.05) is 29.3 Å². The third-order valence-corrected chi connectivity index (χ3v) is 5.22. The maximum absolute atomic E-state index is 13.2. The zero-order chi connectivity index (χ0) is 21.0. The van der Waals surface area contributed by atoms with Crippen molar-refractivity contribution in [3.05, 3.63) is 63.6 Å². The van der Waals surface area contributed by atoms with E-state index in [2.05, 4.69) is 5.32 Å². The van der Waals surface area contributed by atoms with Gasteiger partial charge in [-0.05, 0) is 61.2 Å². The molecule has 1 aliphatic rings. The Labute approximate surface area is 177 Å². The smallest absolute Gasteiger partial charge is 0.370 e. The summed E-state index contributed by atoms with van der Waals surface area (Å²) < 4.78 is 39.5. The van der Waals surface area contributed by atoms with Crippen LogP contribution in [-0.2, 0) is 11.0 Å². The number of hydrogen-bond acceptors (Lipinski definition) is 2. The number of carbonyl (C=O) groups is 1. The lowest BCUT2D eigenvalue weighted by Gasteiger charge is -2.31. The molecule has 0 radical (unpaired) electrons. The Morgan fingerprint density at radius 1 is 1.03 bits per heavy atom. The minimum Gasteiger partial charge on any atom is -0.370 e. The van der Waals surface area contributed by atoms with Gasteiger partial charge in [0.1, 0.15) is 0 Å². The molecule has 8 heteroatoms. The number of hydrogen-bond donors (Lipinski definition) is 1. The molecular weight excluding hydrogens is 424 g/mol. The molecule has 3 rings (SSSR count). The van der Waals surface area contributed by atoms with Crippen LogP contribution in [0.25, 0.3) is 6.08 Å². The number of amides is 1. The molecule has 0 aromatic heterocycles. The maximum Gasteiger partial charge on any atom is 0.416 e.